The van der Waals surface area contributed by atoms with Crippen LogP contribution in [0.1, 0.15) is 78.6 Å². The van der Waals surface area contributed by atoms with Gasteiger partial charge in [-0.2, -0.15) is 0 Å². The molecule has 148 valence electrons. The van der Waals surface area contributed by atoms with Crippen LogP contribution in [-0.2, 0) is 9.53 Å². The van der Waals surface area contributed by atoms with E-state index in [0.717, 1.165) is 48.5 Å². The van der Waals surface area contributed by atoms with Gasteiger partial charge in [0.1, 0.15) is 6.29 Å². The number of rotatable bonds is 3. The molecule has 9 unspecified atom stereocenters. The molecular weight excluding hydrogens is 320 g/mol. The zero-order chi connectivity index (χ0) is 18.5. The van der Waals surface area contributed by atoms with Crippen molar-refractivity contribution in [2.45, 2.75) is 78.6 Å². The molecule has 0 amide bonds. The lowest BCUT2D eigenvalue weighted by molar-refractivity contribution is -0.156. The van der Waals surface area contributed by atoms with Crippen LogP contribution in [-0.4, -0.2) is 20.0 Å². The van der Waals surface area contributed by atoms with Gasteiger partial charge in [0.2, 0.25) is 0 Å². The Morgan fingerprint density at radius 3 is 2.50 bits per heavy atom. The molecule has 4 rings (SSSR count). The molecule has 0 heterocycles. The minimum atomic E-state index is 0.279. The molecule has 0 aromatic rings. The summed E-state index contributed by atoms with van der Waals surface area (Å²) in [4.78, 5) is 11.9. The molecule has 0 N–H and O–H groups in total. The molecule has 2 nitrogen and oxygen atoms in total. The van der Waals surface area contributed by atoms with E-state index in [1.807, 2.05) is 7.11 Å². The van der Waals surface area contributed by atoms with Crippen LogP contribution in [0.15, 0.2) is 0 Å². The zero-order valence-electron chi connectivity index (χ0n) is 17.5. The lowest BCUT2D eigenvalue weighted by Crippen LogP contribution is -2.57. The summed E-state index contributed by atoms with van der Waals surface area (Å²) < 4.78 is 5.50. The normalized spacial score (nSPS) is 53.9. The summed E-state index contributed by atoms with van der Waals surface area (Å²) in [7, 11) is 1.86. The molecule has 9 atom stereocenters. The van der Waals surface area contributed by atoms with Gasteiger partial charge >= 0.3 is 0 Å². The summed E-state index contributed by atoms with van der Waals surface area (Å²) >= 11 is 0. The number of methoxy groups -OCH3 is 1. The quantitative estimate of drug-likeness (QED) is 0.600. The Balaban J connectivity index is 1.58. The van der Waals surface area contributed by atoms with Crippen molar-refractivity contribution < 1.29 is 9.53 Å². The third-order valence-electron chi connectivity index (χ3n) is 9.85. The minimum absolute atomic E-state index is 0.279. The van der Waals surface area contributed by atoms with Crippen LogP contribution in [0.5, 0.6) is 0 Å². The smallest absolute Gasteiger partial charge is 0.123 e. The Morgan fingerprint density at radius 1 is 1.00 bits per heavy atom. The monoisotopic (exact) mass is 360 g/mol. The fraction of sp³-hybridized carbons (Fsp3) is 0.958. The fourth-order valence-corrected chi connectivity index (χ4v) is 8.76. The molecule has 0 bridgehead atoms. The number of aldehydes is 1. The highest BCUT2D eigenvalue weighted by molar-refractivity contribution is 5.55. The predicted octanol–water partition coefficient (Wildman–Crippen LogP) is 5.74. The molecule has 0 aromatic carbocycles. The molecule has 0 saturated heterocycles. The highest BCUT2D eigenvalue weighted by Gasteiger charge is 2.59. The summed E-state index contributed by atoms with van der Waals surface area (Å²) in [5.74, 6) is 5.40. The average Bonchev–Trinajstić information content (AvgIpc) is 2.61. The van der Waals surface area contributed by atoms with Crippen molar-refractivity contribution in [1.82, 2.24) is 0 Å². The van der Waals surface area contributed by atoms with Crippen LogP contribution in [0.25, 0.3) is 0 Å². The molecule has 4 aliphatic carbocycles. The number of fused-ring (bicyclic) bond motifs is 5. The van der Waals surface area contributed by atoms with E-state index in [4.69, 9.17) is 4.74 Å². The first-order valence-electron chi connectivity index (χ1n) is 11.4. The van der Waals surface area contributed by atoms with Gasteiger partial charge in [0.15, 0.2) is 0 Å². The third kappa shape index (κ3) is 2.81. The maximum atomic E-state index is 11.9. The van der Waals surface area contributed by atoms with Crippen molar-refractivity contribution in [3.05, 3.63) is 0 Å². The lowest BCUT2D eigenvalue weighted by atomic mass is 9.41. The first-order chi connectivity index (χ1) is 12.4. The van der Waals surface area contributed by atoms with E-state index in [9.17, 15) is 4.79 Å². The van der Waals surface area contributed by atoms with Gasteiger partial charge in [-0.1, -0.05) is 20.8 Å². The van der Waals surface area contributed by atoms with Gasteiger partial charge < -0.3 is 9.53 Å². The molecule has 4 fully saturated rings. The predicted molar refractivity (Wildman–Crippen MR) is 106 cm³/mol. The highest BCUT2D eigenvalue weighted by Crippen LogP contribution is 2.66. The van der Waals surface area contributed by atoms with E-state index in [1.54, 1.807) is 0 Å². The number of carbonyl (C=O) groups is 1. The second kappa shape index (κ2) is 6.90. The Bertz CT molecular complexity index is 530. The summed E-state index contributed by atoms with van der Waals surface area (Å²) in [5, 5.41) is 0. The van der Waals surface area contributed by atoms with Crippen LogP contribution < -0.4 is 0 Å². The topological polar surface area (TPSA) is 26.3 Å². The van der Waals surface area contributed by atoms with E-state index in [2.05, 4.69) is 20.8 Å². The van der Waals surface area contributed by atoms with E-state index in [-0.39, 0.29) is 5.41 Å². The van der Waals surface area contributed by atoms with Gasteiger partial charge in [-0.3, -0.25) is 0 Å². The Hall–Kier alpha value is -0.370. The highest BCUT2D eigenvalue weighted by atomic mass is 16.5. The maximum absolute atomic E-state index is 11.9. The van der Waals surface area contributed by atoms with Crippen molar-refractivity contribution in [3.63, 3.8) is 0 Å². The Kier molecular flexibility index (Phi) is 5.04. The molecule has 4 aliphatic rings. The molecule has 26 heavy (non-hydrogen) atoms. The Morgan fingerprint density at radius 2 is 1.77 bits per heavy atom. The molecule has 0 aliphatic heterocycles. The van der Waals surface area contributed by atoms with Crippen molar-refractivity contribution in [1.29, 1.82) is 0 Å². The molecule has 2 heteroatoms. The number of hydrogen-bond acceptors (Lipinski definition) is 2. The largest absolute Gasteiger partial charge is 0.384 e. The summed E-state index contributed by atoms with van der Waals surface area (Å²) in [6.45, 7) is 8.53. The van der Waals surface area contributed by atoms with Crippen LogP contribution in [0.4, 0.5) is 0 Å². The summed E-state index contributed by atoms with van der Waals surface area (Å²) in [6, 6.07) is 0. The van der Waals surface area contributed by atoms with E-state index < -0.39 is 0 Å². The molecule has 0 spiro atoms. The first-order valence-corrected chi connectivity index (χ1v) is 11.4. The van der Waals surface area contributed by atoms with Crippen LogP contribution in [0.3, 0.4) is 0 Å². The number of ether oxygens (including phenoxy) is 1. The standard InChI is InChI=1S/C24H40O2/c1-16-5-7-18(14-25)24(3)12-10-19-20(22(16)24)9-11-23(2)13-17(15-26-4)6-8-21(19)23/h14,16-22H,5-13,15H2,1-4H3. The number of carbonyl (C=O) groups excluding carboxylic acids is 1. The van der Waals surface area contributed by atoms with Gasteiger partial charge in [0, 0.05) is 19.6 Å². The van der Waals surface area contributed by atoms with Gasteiger partial charge in [-0.15, -0.1) is 0 Å². The second-order valence-electron chi connectivity index (χ2n) is 11.1. The molecule has 0 radical (unpaired) electrons. The Labute approximate surface area is 160 Å². The molecule has 0 aromatic heterocycles. The van der Waals surface area contributed by atoms with Crippen molar-refractivity contribution in [3.8, 4) is 0 Å². The van der Waals surface area contributed by atoms with E-state index >= 15 is 0 Å². The SMILES string of the molecule is COCC1CCC2C3CCC4(C)C(C=O)CCC(C)C4C3CCC2(C)C1. The third-order valence-corrected chi connectivity index (χ3v) is 9.85. The zero-order valence-corrected chi connectivity index (χ0v) is 17.5. The first kappa shape index (κ1) is 19.0. The molecular formula is C24H40O2. The van der Waals surface area contributed by atoms with E-state index in [0.29, 0.717) is 11.3 Å². The van der Waals surface area contributed by atoms with Gasteiger partial charge in [0.25, 0.3) is 0 Å². The minimum Gasteiger partial charge on any atom is -0.384 e. The van der Waals surface area contributed by atoms with Gasteiger partial charge in [-0.05, 0) is 104 Å². The summed E-state index contributed by atoms with van der Waals surface area (Å²) in [6.07, 6.45) is 13.4. The fourth-order valence-electron chi connectivity index (χ4n) is 8.76. The lowest BCUT2D eigenvalue weighted by Gasteiger charge is -2.63. The van der Waals surface area contributed by atoms with Crippen molar-refractivity contribution in [2.75, 3.05) is 13.7 Å². The summed E-state index contributed by atoms with van der Waals surface area (Å²) in [5.41, 5.74) is 0.819. The van der Waals surface area contributed by atoms with Crippen LogP contribution in [0, 0.1) is 52.3 Å². The van der Waals surface area contributed by atoms with Crippen molar-refractivity contribution >= 4 is 6.29 Å². The van der Waals surface area contributed by atoms with Crippen LogP contribution in [0.2, 0.25) is 0 Å². The maximum Gasteiger partial charge on any atom is 0.123 e. The van der Waals surface area contributed by atoms with Crippen molar-refractivity contribution in [2.24, 2.45) is 52.3 Å². The van der Waals surface area contributed by atoms with Crippen LogP contribution >= 0.6 is 0 Å². The van der Waals surface area contributed by atoms with Gasteiger partial charge in [-0.25, -0.2) is 0 Å². The van der Waals surface area contributed by atoms with Gasteiger partial charge in [0.05, 0.1) is 0 Å². The number of hydrogen-bond donors (Lipinski definition) is 0. The second-order valence-corrected chi connectivity index (χ2v) is 11.1. The average molecular weight is 361 g/mol. The van der Waals surface area contributed by atoms with E-state index in [1.165, 1.54) is 57.7 Å². The molecule has 4 saturated carbocycles.